The molecule has 2 aliphatic carbocycles. The van der Waals surface area contributed by atoms with Crippen LogP contribution < -0.4 is 0 Å². The van der Waals surface area contributed by atoms with Crippen molar-refractivity contribution in [3.05, 3.63) is 46.6 Å². The van der Waals surface area contributed by atoms with Gasteiger partial charge in [-0.3, -0.25) is 9.59 Å². The van der Waals surface area contributed by atoms with E-state index in [9.17, 15) is 9.59 Å². The molecule has 0 fully saturated rings. The molecule has 0 aromatic rings. The summed E-state index contributed by atoms with van der Waals surface area (Å²) in [6, 6.07) is 0. The molecule has 4 heteroatoms. The van der Waals surface area contributed by atoms with E-state index in [0.717, 1.165) is 22.3 Å². The van der Waals surface area contributed by atoms with Crippen LogP contribution in [-0.2, 0) is 29.4 Å². The molecular weight excluding hydrogens is 432 g/mol. The molecule has 0 N–H and O–H groups in total. The van der Waals surface area contributed by atoms with Crippen LogP contribution in [0.3, 0.4) is 0 Å². The van der Waals surface area contributed by atoms with Gasteiger partial charge in [0, 0.05) is 9.73 Å². The fourth-order valence-corrected chi connectivity index (χ4v) is 7.26. The molecule has 0 amide bonds. The van der Waals surface area contributed by atoms with Gasteiger partial charge in [-0.05, 0) is 68.3 Å². The summed E-state index contributed by atoms with van der Waals surface area (Å²) in [4.78, 5) is 27.5. The lowest BCUT2D eigenvalue weighted by molar-refractivity contribution is -0.111. The van der Waals surface area contributed by atoms with Gasteiger partial charge in [0.05, 0.1) is 0 Å². The molecule has 0 saturated heterocycles. The van der Waals surface area contributed by atoms with Crippen molar-refractivity contribution in [1.29, 1.82) is 0 Å². The lowest BCUT2D eigenvalue weighted by Gasteiger charge is -2.33. The highest BCUT2D eigenvalue weighted by Gasteiger charge is 2.34. The van der Waals surface area contributed by atoms with Gasteiger partial charge in [0.2, 0.25) is 0 Å². The maximum atomic E-state index is 12.6. The Labute approximate surface area is 201 Å². The zero-order chi connectivity index (χ0) is 24.9. The van der Waals surface area contributed by atoms with E-state index in [4.69, 9.17) is 0 Å². The second kappa shape index (κ2) is 8.68. The zero-order valence-electron chi connectivity index (χ0n) is 21.9. The van der Waals surface area contributed by atoms with Gasteiger partial charge in [0.15, 0.2) is 11.6 Å². The quantitative estimate of drug-likeness (QED) is 0.379. The van der Waals surface area contributed by atoms with Crippen LogP contribution >= 0.6 is 0 Å². The van der Waals surface area contributed by atoms with Crippen LogP contribution in [0, 0.1) is 21.7 Å². The van der Waals surface area contributed by atoms with E-state index in [1.807, 2.05) is 0 Å². The summed E-state index contributed by atoms with van der Waals surface area (Å²) >= 11 is 0. The topological polar surface area (TPSA) is 34.1 Å². The first-order chi connectivity index (χ1) is 14.2. The van der Waals surface area contributed by atoms with Crippen molar-refractivity contribution in [2.45, 2.75) is 83.1 Å². The van der Waals surface area contributed by atoms with Gasteiger partial charge in [-0.2, -0.15) is 0 Å². The van der Waals surface area contributed by atoms with Crippen molar-refractivity contribution < 1.29 is 9.59 Å². The Kier molecular flexibility index (Phi) is 7.25. The fraction of sp³-hybridized carbons (Fsp3) is 0.571. The van der Waals surface area contributed by atoms with Crippen molar-refractivity contribution in [2.24, 2.45) is 21.7 Å². The Hall–Kier alpha value is -1.52. The fourth-order valence-electron chi connectivity index (χ4n) is 3.70. The molecule has 0 spiro atoms. The third kappa shape index (κ3) is 6.08. The number of allylic oxidation sites excluding steroid dienone is 8. The van der Waals surface area contributed by atoms with Crippen LogP contribution in [0.5, 0.6) is 0 Å². The minimum Gasteiger partial charge on any atom is -0.290 e. The van der Waals surface area contributed by atoms with Gasteiger partial charge in [-0.25, -0.2) is 0 Å². The van der Waals surface area contributed by atoms with Crippen molar-refractivity contribution in [2.75, 3.05) is 0 Å². The van der Waals surface area contributed by atoms with Gasteiger partial charge >= 0.3 is 0 Å². The van der Waals surface area contributed by atoms with E-state index in [0.29, 0.717) is 0 Å². The number of hydrogen-bond donors (Lipinski definition) is 0. The predicted octanol–water partition coefficient (Wildman–Crippen LogP) is 6.47. The summed E-state index contributed by atoms with van der Waals surface area (Å²) in [6.07, 6.45) is 7.20. The Balaban J connectivity index is 3.04. The van der Waals surface area contributed by atoms with Gasteiger partial charge in [0.1, 0.15) is 0 Å². The standard InChI is InChI=1S/C28H40O2S2/c1-25(2,3)19-13-17(29)14-20(26(4,5)6)23(19)31-32-24-21(27(7,8)9)15-18(30)16-22(24)28(10,11)12/h13-16H,1-12H3. The van der Waals surface area contributed by atoms with E-state index in [1.165, 1.54) is 9.73 Å². The summed E-state index contributed by atoms with van der Waals surface area (Å²) in [5, 5.41) is 0. The molecule has 0 aromatic carbocycles. The minimum absolute atomic E-state index is 0.0654. The molecule has 2 nitrogen and oxygen atoms in total. The van der Waals surface area contributed by atoms with E-state index in [-0.39, 0.29) is 33.2 Å². The Morgan fingerprint density at radius 2 is 0.625 bits per heavy atom. The summed E-state index contributed by atoms with van der Waals surface area (Å²) < 4.78 is 0. The molecule has 32 heavy (non-hydrogen) atoms. The van der Waals surface area contributed by atoms with E-state index in [1.54, 1.807) is 44.1 Å². The zero-order valence-corrected chi connectivity index (χ0v) is 23.6. The van der Waals surface area contributed by atoms with Crippen LogP contribution in [0.1, 0.15) is 83.1 Å². The number of rotatable bonds is 0. The first kappa shape index (κ1) is 26.7. The highest BCUT2D eigenvalue weighted by molar-refractivity contribution is 8.25. The third-order valence-electron chi connectivity index (χ3n) is 5.57. The van der Waals surface area contributed by atoms with Crippen molar-refractivity contribution in [3.63, 3.8) is 0 Å². The molecule has 0 bridgehead atoms. The molecule has 0 heterocycles. The lowest BCUT2D eigenvalue weighted by atomic mass is 9.73. The van der Waals surface area contributed by atoms with Crippen molar-refractivity contribution >= 4 is 41.1 Å². The molecule has 176 valence electrons. The average molecular weight is 473 g/mol. The van der Waals surface area contributed by atoms with Crippen molar-refractivity contribution in [1.82, 2.24) is 0 Å². The smallest absolute Gasteiger partial charge is 0.179 e. The van der Waals surface area contributed by atoms with Crippen LogP contribution in [0.2, 0.25) is 0 Å². The number of ketones is 2. The number of carbonyl (C=O) groups is 2. The van der Waals surface area contributed by atoms with Crippen LogP contribution in [0.15, 0.2) is 46.6 Å². The molecule has 0 radical (unpaired) electrons. The van der Waals surface area contributed by atoms with Gasteiger partial charge < -0.3 is 0 Å². The Morgan fingerprint density at radius 1 is 0.438 bits per heavy atom. The van der Waals surface area contributed by atoms with E-state index < -0.39 is 0 Å². The first-order valence-electron chi connectivity index (χ1n) is 11.3. The molecule has 0 saturated carbocycles. The van der Waals surface area contributed by atoms with Gasteiger partial charge in [-0.15, -0.1) is 0 Å². The minimum atomic E-state index is -0.151. The third-order valence-corrected chi connectivity index (χ3v) is 8.11. The van der Waals surface area contributed by atoms with Crippen LogP contribution in [-0.4, -0.2) is 21.3 Å². The van der Waals surface area contributed by atoms with Crippen LogP contribution in [0.4, 0.5) is 0 Å². The van der Waals surface area contributed by atoms with Crippen molar-refractivity contribution in [3.8, 4) is 0 Å². The highest BCUT2D eigenvalue weighted by Crippen LogP contribution is 2.38. The predicted molar refractivity (Wildman–Crippen MR) is 145 cm³/mol. The second-order valence-corrected chi connectivity index (χ2v) is 15.0. The Bertz CT molecular complexity index is 920. The Morgan fingerprint density at radius 3 is 0.781 bits per heavy atom. The SMILES string of the molecule is CC(C)(C)C1=CC(=O)C=C(C(C)(C)C)C1=S=S=C1C(C(C)(C)C)=CC(=O)C=C1C(C)(C)C. The normalized spacial score (nSPS) is 18.8. The first-order valence-corrected chi connectivity index (χ1v) is 13.4. The largest absolute Gasteiger partial charge is 0.290 e. The van der Waals surface area contributed by atoms with E-state index >= 15 is 0 Å². The molecule has 0 unspecified atom stereocenters. The summed E-state index contributed by atoms with van der Waals surface area (Å²) in [5.41, 5.74) is 3.74. The monoisotopic (exact) mass is 472 g/mol. The maximum absolute atomic E-state index is 12.6. The molecular formula is C28H40O2S2. The van der Waals surface area contributed by atoms with E-state index in [2.05, 4.69) is 83.1 Å². The summed E-state index contributed by atoms with van der Waals surface area (Å²) in [7, 11) is 3.46. The lowest BCUT2D eigenvalue weighted by Crippen LogP contribution is -2.30. The summed E-state index contributed by atoms with van der Waals surface area (Å²) in [6.45, 7) is 26.0. The average Bonchev–Trinajstić information content (AvgIpc) is 2.56. The van der Waals surface area contributed by atoms with Gasteiger partial charge in [-0.1, -0.05) is 103 Å². The second-order valence-electron chi connectivity index (χ2n) is 12.9. The molecule has 0 atom stereocenters. The number of carbonyl (C=O) groups excluding carboxylic acids is 2. The number of hydrogen-bond acceptors (Lipinski definition) is 2. The molecule has 0 aromatic heterocycles. The molecule has 2 aliphatic rings. The van der Waals surface area contributed by atoms with Gasteiger partial charge in [0.25, 0.3) is 0 Å². The van der Waals surface area contributed by atoms with Crippen LogP contribution in [0.25, 0.3) is 0 Å². The maximum Gasteiger partial charge on any atom is 0.179 e. The molecule has 2 rings (SSSR count). The highest BCUT2D eigenvalue weighted by atomic mass is 32.8. The molecule has 0 aliphatic heterocycles. The summed E-state index contributed by atoms with van der Waals surface area (Å²) in [5.74, 6) is 0.131.